The number of benzene rings is 4. The summed E-state index contributed by atoms with van der Waals surface area (Å²) in [6.07, 6.45) is 2.56. The summed E-state index contributed by atoms with van der Waals surface area (Å²) < 4.78 is 52.5. The highest BCUT2D eigenvalue weighted by Gasteiger charge is 2.32. The van der Waals surface area contributed by atoms with Gasteiger partial charge in [0.05, 0.1) is 23.8 Å². The predicted octanol–water partition coefficient (Wildman–Crippen LogP) is 8.82. The zero-order chi connectivity index (χ0) is 32.9. The maximum atomic E-state index is 13.7. The van der Waals surface area contributed by atoms with Gasteiger partial charge in [0, 0.05) is 12.1 Å². The molecule has 0 atom stereocenters. The predicted molar refractivity (Wildman–Crippen MR) is 172 cm³/mol. The van der Waals surface area contributed by atoms with E-state index in [-0.39, 0.29) is 33.8 Å². The normalized spacial score (nSPS) is 11.2. The number of carboxylic acids is 1. The number of amides is 1. The van der Waals surface area contributed by atoms with Crippen molar-refractivity contribution < 1.29 is 37.3 Å². The Bertz CT molecular complexity index is 1590. The molecule has 2 N–H and O–H groups in total. The van der Waals surface area contributed by atoms with Crippen molar-refractivity contribution >= 4 is 11.9 Å². The molecule has 0 aromatic heterocycles. The Morgan fingerprint density at radius 3 is 2.04 bits per heavy atom. The Balaban J connectivity index is 1.56. The molecule has 9 heteroatoms. The van der Waals surface area contributed by atoms with Gasteiger partial charge in [0.1, 0.15) is 11.5 Å². The van der Waals surface area contributed by atoms with Gasteiger partial charge in [-0.05, 0) is 54.2 Å². The van der Waals surface area contributed by atoms with Crippen molar-refractivity contribution in [2.24, 2.45) is 0 Å². The Labute approximate surface area is 267 Å². The molecule has 0 bridgehead atoms. The fourth-order valence-corrected chi connectivity index (χ4v) is 5.36. The van der Waals surface area contributed by atoms with Gasteiger partial charge in [-0.3, -0.25) is 4.79 Å². The smallest absolute Gasteiger partial charge is 0.416 e. The third-order valence-electron chi connectivity index (χ3n) is 7.60. The number of hydrogen-bond donors (Lipinski definition) is 2. The van der Waals surface area contributed by atoms with Crippen LogP contribution in [0.5, 0.6) is 11.5 Å². The van der Waals surface area contributed by atoms with Crippen molar-refractivity contribution in [1.29, 1.82) is 0 Å². The molecule has 46 heavy (non-hydrogen) atoms. The molecule has 4 aromatic rings. The summed E-state index contributed by atoms with van der Waals surface area (Å²) >= 11 is 0. The maximum Gasteiger partial charge on any atom is 0.416 e. The lowest BCUT2D eigenvalue weighted by Gasteiger charge is -2.22. The van der Waals surface area contributed by atoms with Crippen LogP contribution in [0.1, 0.15) is 60.0 Å². The standard InChI is InChI=1S/C37H38F3NO5/c1-45-34-31(36(44)41-22-13-5-3-2-4-8-15-26-16-9-6-10-17-26)24-30(28-20-14-21-29(23-28)37(38,39)40)35(46-25-32(42)43)33(34)27-18-11-7-12-19-27/h6-7,9-12,14,16-21,23-24H,2-5,8,13,15,22,25H2,1H3,(H,41,44)(H,42,43). The number of aryl methyl sites for hydroxylation is 1. The third-order valence-corrected chi connectivity index (χ3v) is 7.60. The molecule has 0 fully saturated rings. The second-order valence-electron chi connectivity index (χ2n) is 10.9. The van der Waals surface area contributed by atoms with Crippen molar-refractivity contribution in [1.82, 2.24) is 5.32 Å². The first-order chi connectivity index (χ1) is 22.2. The summed E-state index contributed by atoms with van der Waals surface area (Å²) in [5.74, 6) is -1.62. The molecule has 0 radical (unpaired) electrons. The quantitative estimate of drug-likeness (QED) is 0.121. The van der Waals surface area contributed by atoms with Gasteiger partial charge in [0.2, 0.25) is 0 Å². The van der Waals surface area contributed by atoms with Gasteiger partial charge in [-0.15, -0.1) is 0 Å². The fraction of sp³-hybridized carbons (Fsp3) is 0.297. The van der Waals surface area contributed by atoms with Gasteiger partial charge in [0.15, 0.2) is 6.61 Å². The Kier molecular flexibility index (Phi) is 12.2. The molecule has 4 rings (SSSR count). The number of carboxylic acid groups (broad SMARTS) is 1. The molecule has 0 unspecified atom stereocenters. The molecule has 0 aliphatic carbocycles. The number of carbonyl (C=O) groups excluding carboxylic acids is 1. The van der Waals surface area contributed by atoms with Gasteiger partial charge in [-0.1, -0.05) is 98.5 Å². The summed E-state index contributed by atoms with van der Waals surface area (Å²) in [6, 6.07) is 25.1. The van der Waals surface area contributed by atoms with Crippen LogP contribution < -0.4 is 14.8 Å². The van der Waals surface area contributed by atoms with E-state index in [9.17, 15) is 27.9 Å². The number of alkyl halides is 3. The van der Waals surface area contributed by atoms with Crippen LogP contribution in [-0.4, -0.2) is 37.2 Å². The molecule has 0 saturated heterocycles. The number of nitrogens with one attached hydrogen (secondary N) is 1. The maximum absolute atomic E-state index is 13.7. The minimum Gasteiger partial charge on any atom is -0.495 e. The van der Waals surface area contributed by atoms with E-state index < -0.39 is 30.2 Å². The highest BCUT2D eigenvalue weighted by molar-refractivity contribution is 6.03. The van der Waals surface area contributed by atoms with E-state index in [1.807, 2.05) is 6.07 Å². The minimum absolute atomic E-state index is 0.00594. The number of halogens is 3. The third kappa shape index (κ3) is 9.36. The van der Waals surface area contributed by atoms with Crippen LogP contribution >= 0.6 is 0 Å². The van der Waals surface area contributed by atoms with Crippen LogP contribution in [0.25, 0.3) is 22.3 Å². The highest BCUT2D eigenvalue weighted by atomic mass is 19.4. The summed E-state index contributed by atoms with van der Waals surface area (Å²) in [7, 11) is 1.38. The SMILES string of the molecule is COc1c(C(=O)NCCCCCCCCc2ccccc2)cc(-c2cccc(C(F)(F)F)c2)c(OCC(=O)O)c1-c1ccccc1. The molecule has 0 aliphatic rings. The van der Waals surface area contributed by atoms with Crippen molar-refractivity contribution in [3.63, 3.8) is 0 Å². The Morgan fingerprint density at radius 2 is 1.39 bits per heavy atom. The van der Waals surface area contributed by atoms with Gasteiger partial charge in [-0.25, -0.2) is 4.79 Å². The molecule has 0 spiro atoms. The second-order valence-corrected chi connectivity index (χ2v) is 10.9. The first kappa shape index (κ1) is 34.1. The first-order valence-electron chi connectivity index (χ1n) is 15.3. The van der Waals surface area contributed by atoms with E-state index >= 15 is 0 Å². The van der Waals surface area contributed by atoms with Gasteiger partial charge in [0.25, 0.3) is 5.91 Å². The van der Waals surface area contributed by atoms with Crippen molar-refractivity contribution in [2.45, 2.75) is 51.1 Å². The average molecular weight is 634 g/mol. The Morgan fingerprint density at radius 1 is 0.761 bits per heavy atom. The van der Waals surface area contributed by atoms with Crippen LogP contribution in [-0.2, 0) is 17.4 Å². The molecule has 0 heterocycles. The van der Waals surface area contributed by atoms with Gasteiger partial charge < -0.3 is 19.9 Å². The van der Waals surface area contributed by atoms with E-state index in [2.05, 4.69) is 29.6 Å². The number of ether oxygens (including phenoxy) is 2. The molecule has 0 saturated carbocycles. The lowest BCUT2D eigenvalue weighted by atomic mass is 9.92. The number of methoxy groups -OCH3 is 1. The zero-order valence-electron chi connectivity index (χ0n) is 25.7. The number of hydrogen-bond acceptors (Lipinski definition) is 4. The van der Waals surface area contributed by atoms with Crippen molar-refractivity contribution in [2.75, 3.05) is 20.3 Å². The van der Waals surface area contributed by atoms with E-state index in [1.165, 1.54) is 30.9 Å². The van der Waals surface area contributed by atoms with Crippen LogP contribution in [0.4, 0.5) is 13.2 Å². The van der Waals surface area contributed by atoms with Crippen molar-refractivity contribution in [3.05, 3.63) is 108 Å². The number of aliphatic carboxylic acids is 1. The average Bonchev–Trinajstić information content (AvgIpc) is 3.06. The van der Waals surface area contributed by atoms with Crippen LogP contribution in [0.3, 0.4) is 0 Å². The van der Waals surface area contributed by atoms with Gasteiger partial charge in [-0.2, -0.15) is 13.2 Å². The monoisotopic (exact) mass is 633 g/mol. The second kappa shape index (κ2) is 16.5. The molecule has 1 amide bonds. The number of rotatable bonds is 16. The fourth-order valence-electron chi connectivity index (χ4n) is 5.36. The number of unbranched alkanes of at least 4 members (excludes halogenated alkanes) is 5. The number of carbonyl (C=O) groups is 2. The minimum atomic E-state index is -4.62. The van der Waals surface area contributed by atoms with Crippen molar-refractivity contribution in [3.8, 4) is 33.8 Å². The Hall–Kier alpha value is -4.79. The summed E-state index contributed by atoms with van der Waals surface area (Å²) in [4.78, 5) is 25.1. The molecule has 4 aromatic carbocycles. The molecular weight excluding hydrogens is 595 g/mol. The summed E-state index contributed by atoms with van der Waals surface area (Å²) in [5, 5.41) is 12.3. The highest BCUT2D eigenvalue weighted by Crippen LogP contribution is 2.48. The van der Waals surface area contributed by atoms with E-state index in [0.29, 0.717) is 12.1 Å². The molecule has 242 valence electrons. The largest absolute Gasteiger partial charge is 0.495 e. The van der Waals surface area contributed by atoms with E-state index in [1.54, 1.807) is 30.3 Å². The lowest BCUT2D eigenvalue weighted by molar-refractivity contribution is -0.139. The molecule has 0 aliphatic heterocycles. The van der Waals surface area contributed by atoms with E-state index in [4.69, 9.17) is 9.47 Å². The topological polar surface area (TPSA) is 84.9 Å². The first-order valence-corrected chi connectivity index (χ1v) is 15.3. The van der Waals surface area contributed by atoms with Crippen LogP contribution in [0.15, 0.2) is 91.0 Å². The molecular formula is C37H38F3NO5. The van der Waals surface area contributed by atoms with Gasteiger partial charge >= 0.3 is 12.1 Å². The van der Waals surface area contributed by atoms with Crippen LogP contribution in [0, 0.1) is 0 Å². The lowest BCUT2D eigenvalue weighted by Crippen LogP contribution is -2.25. The zero-order valence-corrected chi connectivity index (χ0v) is 25.7. The molecule has 6 nitrogen and oxygen atoms in total. The summed E-state index contributed by atoms with van der Waals surface area (Å²) in [6.45, 7) is -0.352. The van der Waals surface area contributed by atoms with E-state index in [0.717, 1.165) is 57.1 Å². The summed E-state index contributed by atoms with van der Waals surface area (Å²) in [5.41, 5.74) is 1.59. The van der Waals surface area contributed by atoms with Crippen LogP contribution in [0.2, 0.25) is 0 Å².